The summed E-state index contributed by atoms with van der Waals surface area (Å²) >= 11 is 7.19. The highest BCUT2D eigenvalue weighted by atomic mass is 35.5. The molecule has 33 nitrogen and oxygen atoms in total. The lowest BCUT2D eigenvalue weighted by molar-refractivity contribution is -0.277. The van der Waals surface area contributed by atoms with Crippen LogP contribution in [0.15, 0.2) is 103 Å². The quantitative estimate of drug-likeness (QED) is 0.0528. The molecular formula is C81H93ClN10O23. The van der Waals surface area contributed by atoms with Gasteiger partial charge < -0.3 is 118 Å². The van der Waals surface area contributed by atoms with E-state index in [4.69, 9.17) is 45.8 Å². The molecule has 0 radical (unpaired) electrons. The average molecular weight is 1610 g/mol. The number of nitrogens with two attached hydrogens (primary N) is 1. The maximum absolute atomic E-state index is 16.3. The van der Waals surface area contributed by atoms with Gasteiger partial charge in [0, 0.05) is 28.9 Å². The van der Waals surface area contributed by atoms with Gasteiger partial charge >= 0.3 is 6.09 Å². The van der Waals surface area contributed by atoms with E-state index in [9.17, 15) is 60.0 Å². The van der Waals surface area contributed by atoms with E-state index in [2.05, 4.69) is 47.9 Å². The van der Waals surface area contributed by atoms with Crippen LogP contribution in [0.25, 0.3) is 11.1 Å². The van der Waals surface area contributed by atoms with Gasteiger partial charge in [-0.15, -0.1) is 0 Å². The van der Waals surface area contributed by atoms with Crippen LogP contribution in [0.2, 0.25) is 5.02 Å². The third-order valence-electron chi connectivity index (χ3n) is 22.3. The van der Waals surface area contributed by atoms with E-state index in [1.165, 1.54) is 50.4 Å². The highest BCUT2D eigenvalue weighted by Gasteiger charge is 2.51. The molecule has 6 aromatic carbocycles. The monoisotopic (exact) mass is 1610 g/mol. The number of hydrogen-bond donors (Lipinski definition) is 18. The number of unbranched alkanes of at least 4 members (excludes halogenated alkanes) is 1. The van der Waals surface area contributed by atoms with Crippen molar-refractivity contribution in [2.75, 3.05) is 25.6 Å². The second-order valence-corrected chi connectivity index (χ2v) is 31.3. The van der Waals surface area contributed by atoms with Crippen LogP contribution >= 0.6 is 11.6 Å². The predicted octanol–water partition coefficient (Wildman–Crippen LogP) is 4.46. The molecule has 0 aromatic heterocycles. The van der Waals surface area contributed by atoms with Gasteiger partial charge in [-0.1, -0.05) is 57.0 Å². The SMILES string of the molecule is CCCCOc1ccc(NC(=O)Oc2cc(O)c3c(c2)[C@@H](C(=O)NC2C4CC5CC(C4)CC2C5)NC(=O)[C@H]2NC(=O)[C@H](NC(=O)C4NC(=O)[C@H](CC(N)=O)NC(=O)[C@H](NC(=O)[C@@H](CC(C)C)NC)[C@H](O)c5ccc(c(C)c5)Oc5cc4cc(c5O[C@@H]4O[C@H](CO)[C@@H](O)[C@H](O)[C@H]4O)Oc4ccc(cc4Cl)[C@H]2O)c2ccc(O)c-3c2)cc1. The number of aliphatic hydroxyl groups is 6. The number of fused-ring (bicyclic) bond motifs is 15. The molecule has 4 saturated carbocycles. The second kappa shape index (κ2) is 34.7. The number of halogens is 1. The van der Waals surface area contributed by atoms with Gasteiger partial charge in [-0.05, 0) is 201 Å². The van der Waals surface area contributed by atoms with Crippen molar-refractivity contribution in [3.63, 3.8) is 0 Å². The molecule has 0 spiro atoms. The first-order valence-corrected chi connectivity index (χ1v) is 38.6. The van der Waals surface area contributed by atoms with Crippen molar-refractivity contribution >= 4 is 70.6 Å². The zero-order valence-corrected chi connectivity index (χ0v) is 64.1. The van der Waals surface area contributed by atoms with Crippen LogP contribution in [-0.4, -0.2) is 175 Å². The molecule has 1 unspecified atom stereocenters. The third-order valence-corrected chi connectivity index (χ3v) is 22.6. The Morgan fingerprint density at radius 3 is 1.94 bits per heavy atom. The van der Waals surface area contributed by atoms with Crippen molar-refractivity contribution in [1.82, 2.24) is 42.5 Å². The topological polar surface area (TPSA) is 505 Å². The number of ether oxygens (including phenoxy) is 6. The van der Waals surface area contributed by atoms with E-state index in [-0.39, 0.29) is 85.3 Å². The Kier molecular flexibility index (Phi) is 24.8. The van der Waals surface area contributed by atoms with Gasteiger partial charge in [-0.2, -0.15) is 0 Å². The standard InChI is InChI=1S/C81H93ClN10O23/c1-6-7-18-110-45-13-11-44(12-14-45)85-81(109)111-46-30-48-60(53(95)31-46)47-26-38(8-15-52(47)94)62-75(104)92-66(79(108)90-64(48)77(106)87-61-41-22-36-21-37(24-41)25-42(61)23-36)68(98)40-10-17-55(49(82)27-40)113-57-29-43-28-56(72(57)115-80-71(101)70(100)69(99)58(33-93)114-80)112-54-16-9-39(20-35(54)4)67(97)65(91-73(102)50(84-5)19-34(2)3)78(107)86-51(32-59(83)96)74(103)88-63(43)76(105)89-62/h8-17,20,26-31,34,36-37,41-42,50-51,58,61-71,80,84,93-95,97-101H,6-7,18-19,21-25,32-33H2,1-5H3,(H2,83,96)(H,85,109)(H,86,107)(H,87,106)(H,88,103)(H,89,105)(H,90,108)(H,91,102)(H,92,104)/t36?,37?,41?,42?,50-,51+,58-,61?,62-,63?,64+,65-,66+,67-,68-,69-,70+,71-,80+/m1/s1. The number of phenols is 2. The van der Waals surface area contributed by atoms with E-state index in [1.807, 2.05) is 20.8 Å². The number of phenolic OH excluding ortho intramolecular Hbond substituents is 2. The normalized spacial score (nSPS) is 27.9. The van der Waals surface area contributed by atoms with Crippen LogP contribution in [0.5, 0.6) is 51.7 Å². The van der Waals surface area contributed by atoms with Crippen molar-refractivity contribution in [3.05, 3.63) is 142 Å². The van der Waals surface area contributed by atoms with E-state index >= 15 is 24.0 Å². The second-order valence-electron chi connectivity index (χ2n) is 30.9. The summed E-state index contributed by atoms with van der Waals surface area (Å²) in [5, 5.41) is 118. The fourth-order valence-corrected chi connectivity index (χ4v) is 16.8. The molecule has 14 atom stereocenters. The summed E-state index contributed by atoms with van der Waals surface area (Å²) in [6.45, 7) is 6.74. The molecule has 34 heteroatoms. The number of hydrogen-bond acceptors (Lipinski definition) is 24. The number of carbonyl (C=O) groups excluding carboxylic acids is 9. The molecular weight excluding hydrogens is 1520 g/mol. The number of primary amides is 1. The maximum Gasteiger partial charge on any atom is 0.417 e. The number of aromatic hydroxyl groups is 2. The zero-order valence-electron chi connectivity index (χ0n) is 63.3. The van der Waals surface area contributed by atoms with Crippen molar-refractivity contribution in [2.24, 2.45) is 35.3 Å². The molecule has 15 bridgehead atoms. The van der Waals surface area contributed by atoms with Gasteiger partial charge in [0.25, 0.3) is 0 Å². The lowest BCUT2D eigenvalue weighted by atomic mass is 9.54. The summed E-state index contributed by atoms with van der Waals surface area (Å²) in [5.74, 6) is -12.0. The summed E-state index contributed by atoms with van der Waals surface area (Å²) in [7, 11) is 1.50. The van der Waals surface area contributed by atoms with Gasteiger partial charge in [-0.3, -0.25) is 43.7 Å². The highest BCUT2D eigenvalue weighted by Crippen LogP contribution is 2.55. The van der Waals surface area contributed by atoms with Crippen LogP contribution in [0.4, 0.5) is 10.5 Å². The van der Waals surface area contributed by atoms with Crippen molar-refractivity contribution in [2.45, 2.75) is 177 Å². The Bertz CT molecular complexity index is 4710. The third kappa shape index (κ3) is 17.8. The van der Waals surface area contributed by atoms with Gasteiger partial charge in [0.2, 0.25) is 59.3 Å². The molecule has 6 aromatic rings. The number of likely N-dealkylation sites (N-methyl/N-ethyl adjacent to an activating group) is 1. The number of carbonyl (C=O) groups is 9. The first-order chi connectivity index (χ1) is 54.9. The number of rotatable bonds is 18. The number of benzene rings is 6. The molecule has 10 aliphatic rings. The van der Waals surface area contributed by atoms with Crippen molar-refractivity contribution in [3.8, 4) is 62.9 Å². The van der Waals surface area contributed by atoms with Crippen LogP contribution < -0.4 is 77.3 Å². The Hall–Kier alpha value is -10.9. The largest absolute Gasteiger partial charge is 0.507 e. The van der Waals surface area contributed by atoms with E-state index in [0.29, 0.717) is 24.2 Å². The fourth-order valence-electron chi connectivity index (χ4n) is 16.6. The summed E-state index contributed by atoms with van der Waals surface area (Å²) in [5.41, 5.74) is 4.25. The number of amides is 9. The van der Waals surface area contributed by atoms with Crippen LogP contribution in [0.3, 0.4) is 0 Å². The fraction of sp³-hybridized carbons (Fsp3) is 0.444. The van der Waals surface area contributed by atoms with Gasteiger partial charge in [0.05, 0.1) is 30.7 Å². The van der Waals surface area contributed by atoms with Gasteiger partial charge in [0.1, 0.15) is 107 Å². The Morgan fingerprint density at radius 2 is 1.30 bits per heavy atom. The molecule has 9 amide bonds. The Balaban J connectivity index is 0.990. The van der Waals surface area contributed by atoms with Crippen molar-refractivity contribution in [1.29, 1.82) is 0 Å². The Labute approximate surface area is 664 Å². The van der Waals surface area contributed by atoms with Crippen LogP contribution in [-0.2, 0) is 43.1 Å². The zero-order chi connectivity index (χ0) is 82.1. The molecule has 6 aliphatic heterocycles. The Morgan fingerprint density at radius 1 is 0.652 bits per heavy atom. The molecule has 612 valence electrons. The summed E-state index contributed by atoms with van der Waals surface area (Å²) < 4.78 is 37.2. The molecule has 16 rings (SSSR count). The summed E-state index contributed by atoms with van der Waals surface area (Å²) in [6.07, 6.45) is -9.73. The predicted molar refractivity (Wildman–Crippen MR) is 409 cm³/mol. The minimum absolute atomic E-state index is 0.0159. The number of anilines is 1. The molecule has 19 N–H and O–H groups in total. The molecule has 4 aliphatic carbocycles. The lowest BCUT2D eigenvalue weighted by Gasteiger charge is -2.54. The molecule has 115 heavy (non-hydrogen) atoms. The van der Waals surface area contributed by atoms with Gasteiger partial charge in [-0.25, -0.2) is 4.79 Å². The van der Waals surface area contributed by atoms with Crippen molar-refractivity contribution < 1.29 is 112 Å². The minimum Gasteiger partial charge on any atom is -0.507 e. The summed E-state index contributed by atoms with van der Waals surface area (Å²) in [6, 6.07) is 7.58. The summed E-state index contributed by atoms with van der Waals surface area (Å²) in [4.78, 5) is 136. The first kappa shape index (κ1) is 82.1. The first-order valence-electron chi connectivity index (χ1n) is 38.2. The average Bonchev–Trinajstić information content (AvgIpc) is 0.752. The van der Waals surface area contributed by atoms with Crippen LogP contribution in [0, 0.1) is 36.5 Å². The molecule has 5 fully saturated rings. The number of aliphatic hydroxyl groups excluding tert-OH is 6. The van der Waals surface area contributed by atoms with E-state index in [1.54, 1.807) is 24.3 Å². The number of aryl methyl sites for hydroxylation is 1. The van der Waals surface area contributed by atoms with Crippen LogP contribution in [0.1, 0.15) is 142 Å². The maximum atomic E-state index is 16.3. The molecule has 6 heterocycles. The highest BCUT2D eigenvalue weighted by molar-refractivity contribution is 6.32. The lowest BCUT2D eigenvalue weighted by Crippen LogP contribution is -2.60. The smallest absolute Gasteiger partial charge is 0.417 e. The number of nitrogens with one attached hydrogen (secondary N) is 9. The van der Waals surface area contributed by atoms with E-state index < -0.39 is 198 Å². The van der Waals surface area contributed by atoms with Gasteiger partial charge in [0.15, 0.2) is 11.5 Å². The van der Waals surface area contributed by atoms with E-state index in [0.717, 1.165) is 87.4 Å². The molecule has 1 saturated heterocycles. The minimum atomic E-state index is -2.30.